The number of carbonyl (C=O) groups excluding carboxylic acids is 1. The number of hydrogen-bond acceptors (Lipinski definition) is 3. The summed E-state index contributed by atoms with van der Waals surface area (Å²) in [6.07, 6.45) is 3.34. The fourth-order valence-corrected chi connectivity index (χ4v) is 1.60. The van der Waals surface area contributed by atoms with Crippen LogP contribution in [0.5, 0.6) is 0 Å². The van der Waals surface area contributed by atoms with Crippen molar-refractivity contribution in [2.75, 3.05) is 13.1 Å². The summed E-state index contributed by atoms with van der Waals surface area (Å²) in [5, 5.41) is 5.89. The minimum Gasteiger partial charge on any atom is -0.348 e. The molecule has 2 heterocycles. The van der Waals surface area contributed by atoms with Gasteiger partial charge in [-0.15, -0.1) is 0 Å². The summed E-state index contributed by atoms with van der Waals surface area (Å²) in [6, 6.07) is 1.48. The quantitative estimate of drug-likeness (QED) is 0.737. The Morgan fingerprint density at radius 2 is 2.53 bits per heavy atom. The van der Waals surface area contributed by atoms with Gasteiger partial charge < -0.3 is 10.6 Å². The molecule has 1 aromatic rings. The van der Waals surface area contributed by atoms with E-state index in [1.165, 1.54) is 12.3 Å². The van der Waals surface area contributed by atoms with Crippen LogP contribution in [0.3, 0.4) is 0 Å². The number of carbonyl (C=O) groups is 1. The van der Waals surface area contributed by atoms with Gasteiger partial charge in [0.1, 0.15) is 0 Å². The molecule has 2 N–H and O–H groups in total. The number of amides is 1. The molecule has 0 unspecified atom stereocenters. The second kappa shape index (κ2) is 4.35. The normalized spacial score (nSPS) is 20.2. The molecule has 0 aromatic carbocycles. The maximum atomic E-state index is 13.2. The number of aromatic nitrogens is 1. The minimum absolute atomic E-state index is 0.0527. The van der Waals surface area contributed by atoms with E-state index in [0.29, 0.717) is 0 Å². The Kier molecular flexibility index (Phi) is 2.91. The smallest absolute Gasteiger partial charge is 0.254 e. The van der Waals surface area contributed by atoms with E-state index in [2.05, 4.69) is 15.6 Å². The van der Waals surface area contributed by atoms with E-state index in [0.717, 1.165) is 25.7 Å². The van der Waals surface area contributed by atoms with E-state index >= 15 is 0 Å². The molecule has 2 rings (SSSR count). The maximum absolute atomic E-state index is 13.2. The topological polar surface area (TPSA) is 54.0 Å². The fourth-order valence-electron chi connectivity index (χ4n) is 1.60. The molecule has 1 aliphatic heterocycles. The first-order chi connectivity index (χ1) is 7.27. The largest absolute Gasteiger partial charge is 0.348 e. The molecule has 1 amide bonds. The highest BCUT2D eigenvalue weighted by Gasteiger charge is 2.19. The van der Waals surface area contributed by atoms with E-state index in [9.17, 15) is 9.18 Å². The second-order valence-electron chi connectivity index (χ2n) is 3.52. The summed E-state index contributed by atoms with van der Waals surface area (Å²) in [7, 11) is 0. The van der Waals surface area contributed by atoms with Crippen LogP contribution in [0.2, 0.25) is 0 Å². The van der Waals surface area contributed by atoms with Crippen LogP contribution in [0.15, 0.2) is 18.5 Å². The summed E-state index contributed by atoms with van der Waals surface area (Å²) >= 11 is 0. The van der Waals surface area contributed by atoms with Crippen LogP contribution in [0.25, 0.3) is 0 Å². The van der Waals surface area contributed by atoms with E-state index in [1.807, 2.05) is 0 Å². The van der Waals surface area contributed by atoms with Gasteiger partial charge in [-0.1, -0.05) is 0 Å². The second-order valence-corrected chi connectivity index (χ2v) is 3.52. The third kappa shape index (κ3) is 2.30. The minimum atomic E-state index is -0.582. The number of pyridine rings is 1. The van der Waals surface area contributed by atoms with Gasteiger partial charge in [-0.2, -0.15) is 0 Å². The number of hydrogen-bond donors (Lipinski definition) is 2. The zero-order valence-corrected chi connectivity index (χ0v) is 8.16. The van der Waals surface area contributed by atoms with Crippen molar-refractivity contribution in [3.63, 3.8) is 0 Å². The molecule has 0 radical (unpaired) electrons. The Morgan fingerprint density at radius 3 is 3.20 bits per heavy atom. The van der Waals surface area contributed by atoms with Crippen LogP contribution in [0.4, 0.5) is 4.39 Å². The van der Waals surface area contributed by atoms with Gasteiger partial charge in [0, 0.05) is 18.8 Å². The summed E-state index contributed by atoms with van der Waals surface area (Å²) in [5.41, 5.74) is 0.0527. The summed E-state index contributed by atoms with van der Waals surface area (Å²) in [4.78, 5) is 15.2. The van der Waals surface area contributed by atoms with Gasteiger partial charge in [0.2, 0.25) is 0 Å². The first-order valence-corrected chi connectivity index (χ1v) is 4.88. The molecule has 0 bridgehead atoms. The molecular weight excluding hydrogens is 197 g/mol. The molecule has 1 saturated heterocycles. The molecule has 5 heteroatoms. The lowest BCUT2D eigenvalue weighted by molar-refractivity contribution is 0.0936. The van der Waals surface area contributed by atoms with Gasteiger partial charge in [0.05, 0.1) is 11.8 Å². The van der Waals surface area contributed by atoms with E-state index < -0.39 is 5.82 Å². The van der Waals surface area contributed by atoms with Crippen molar-refractivity contribution in [1.82, 2.24) is 15.6 Å². The zero-order chi connectivity index (χ0) is 10.7. The van der Waals surface area contributed by atoms with Crippen molar-refractivity contribution in [1.29, 1.82) is 0 Å². The van der Waals surface area contributed by atoms with Gasteiger partial charge >= 0.3 is 0 Å². The van der Waals surface area contributed by atoms with Gasteiger partial charge in [0.25, 0.3) is 5.91 Å². The summed E-state index contributed by atoms with van der Waals surface area (Å²) in [6.45, 7) is 1.64. The molecule has 0 saturated carbocycles. The molecule has 1 atom stereocenters. The lowest BCUT2D eigenvalue weighted by atomic mass is 10.2. The standard InChI is InChI=1S/C10H12FN3O/c11-9-6-13-4-2-8(9)10(15)14-7-1-3-12-5-7/h2,4,6-7,12H,1,3,5H2,(H,14,15)/t7-/m0/s1. The lowest BCUT2D eigenvalue weighted by Crippen LogP contribution is -2.36. The Labute approximate surface area is 86.9 Å². The van der Waals surface area contributed by atoms with Crippen LogP contribution in [0.1, 0.15) is 16.8 Å². The van der Waals surface area contributed by atoms with Crippen LogP contribution in [0, 0.1) is 5.82 Å². The number of nitrogens with zero attached hydrogens (tertiary/aromatic N) is 1. The maximum Gasteiger partial charge on any atom is 0.254 e. The van der Waals surface area contributed by atoms with Crippen molar-refractivity contribution in [2.24, 2.45) is 0 Å². The van der Waals surface area contributed by atoms with Crippen LogP contribution in [-0.2, 0) is 0 Å². The molecule has 0 spiro atoms. The molecule has 0 aliphatic carbocycles. The number of nitrogens with one attached hydrogen (secondary N) is 2. The van der Waals surface area contributed by atoms with Crippen LogP contribution >= 0.6 is 0 Å². The molecule has 1 fully saturated rings. The van der Waals surface area contributed by atoms with Crippen LogP contribution in [-0.4, -0.2) is 30.0 Å². The van der Waals surface area contributed by atoms with Crippen LogP contribution < -0.4 is 10.6 Å². The Hall–Kier alpha value is -1.49. The molecule has 1 aromatic heterocycles. The van der Waals surface area contributed by atoms with Crippen molar-refractivity contribution >= 4 is 5.91 Å². The Bertz CT molecular complexity index is 363. The molecule has 4 nitrogen and oxygen atoms in total. The first-order valence-electron chi connectivity index (χ1n) is 4.88. The van der Waals surface area contributed by atoms with Gasteiger partial charge in [-0.05, 0) is 19.0 Å². The summed E-state index contributed by atoms with van der Waals surface area (Å²) < 4.78 is 13.2. The molecule has 80 valence electrons. The number of halogens is 1. The van der Waals surface area contributed by atoms with Crippen molar-refractivity contribution < 1.29 is 9.18 Å². The average molecular weight is 209 g/mol. The third-order valence-corrected chi connectivity index (χ3v) is 2.41. The highest BCUT2D eigenvalue weighted by molar-refractivity contribution is 5.94. The Morgan fingerprint density at radius 1 is 1.67 bits per heavy atom. The van der Waals surface area contributed by atoms with Gasteiger partial charge in [-0.3, -0.25) is 9.78 Å². The average Bonchev–Trinajstić information content (AvgIpc) is 2.71. The number of rotatable bonds is 2. The van der Waals surface area contributed by atoms with Gasteiger partial charge in [-0.25, -0.2) is 4.39 Å². The Balaban J connectivity index is 2.04. The SMILES string of the molecule is O=C(N[C@H]1CCNC1)c1ccncc1F. The first kappa shape index (κ1) is 10.0. The predicted molar refractivity (Wildman–Crippen MR) is 52.9 cm³/mol. The third-order valence-electron chi connectivity index (χ3n) is 2.41. The van der Waals surface area contributed by atoms with E-state index in [4.69, 9.17) is 0 Å². The lowest BCUT2D eigenvalue weighted by Gasteiger charge is -2.11. The van der Waals surface area contributed by atoms with Crippen molar-refractivity contribution in [3.05, 3.63) is 29.8 Å². The van der Waals surface area contributed by atoms with E-state index in [1.54, 1.807) is 0 Å². The van der Waals surface area contributed by atoms with Crippen molar-refractivity contribution in [2.45, 2.75) is 12.5 Å². The summed E-state index contributed by atoms with van der Waals surface area (Å²) in [5.74, 6) is -0.954. The highest BCUT2D eigenvalue weighted by Crippen LogP contribution is 2.06. The molecule has 1 aliphatic rings. The zero-order valence-electron chi connectivity index (χ0n) is 8.16. The predicted octanol–water partition coefficient (Wildman–Crippen LogP) is 0.312. The van der Waals surface area contributed by atoms with Crippen molar-refractivity contribution in [3.8, 4) is 0 Å². The van der Waals surface area contributed by atoms with E-state index in [-0.39, 0.29) is 17.5 Å². The highest BCUT2D eigenvalue weighted by atomic mass is 19.1. The fraction of sp³-hybridized carbons (Fsp3) is 0.400. The molecular formula is C10H12FN3O. The monoisotopic (exact) mass is 209 g/mol. The van der Waals surface area contributed by atoms with Gasteiger partial charge in [0.15, 0.2) is 5.82 Å². The molecule has 15 heavy (non-hydrogen) atoms.